The van der Waals surface area contributed by atoms with Crippen molar-refractivity contribution in [1.29, 1.82) is 0 Å². The van der Waals surface area contributed by atoms with E-state index in [-0.39, 0.29) is 12.0 Å². The first-order valence-electron chi connectivity index (χ1n) is 8.71. The molecule has 0 amide bonds. The van der Waals surface area contributed by atoms with Gasteiger partial charge in [0.15, 0.2) is 15.8 Å². The fourth-order valence-corrected chi connectivity index (χ4v) is 4.88. The highest BCUT2D eigenvalue weighted by Gasteiger charge is 2.28. The van der Waals surface area contributed by atoms with Gasteiger partial charge >= 0.3 is 0 Å². The lowest BCUT2D eigenvalue weighted by molar-refractivity contribution is 0.0165. The molecular weight excluding hydrogens is 314 g/mol. The summed E-state index contributed by atoms with van der Waals surface area (Å²) in [6, 6.07) is 0.365. The number of hydrogen-bond acceptors (Lipinski definition) is 4. The highest BCUT2D eigenvalue weighted by atomic mass is 32.2. The van der Waals surface area contributed by atoms with Crippen molar-refractivity contribution in [2.75, 3.05) is 31.2 Å². The van der Waals surface area contributed by atoms with Crippen LogP contribution < -0.4 is 10.6 Å². The van der Waals surface area contributed by atoms with E-state index in [1.165, 1.54) is 0 Å². The molecule has 0 aromatic heterocycles. The number of rotatable bonds is 5. The van der Waals surface area contributed by atoms with Crippen molar-refractivity contribution in [1.82, 2.24) is 10.6 Å². The van der Waals surface area contributed by atoms with E-state index < -0.39 is 9.84 Å². The first-order chi connectivity index (χ1) is 10.8. The SMILES string of the molecule is CC(C)CN=C(NCC1CCS(=O)(=O)C1)NC1CCOC(C)C1. The van der Waals surface area contributed by atoms with Crippen molar-refractivity contribution >= 4 is 15.8 Å². The molecule has 2 fully saturated rings. The molecule has 23 heavy (non-hydrogen) atoms. The molecule has 2 saturated heterocycles. The minimum Gasteiger partial charge on any atom is -0.378 e. The Labute approximate surface area is 140 Å². The summed E-state index contributed by atoms with van der Waals surface area (Å²) in [6.45, 7) is 8.58. The predicted octanol–water partition coefficient (Wildman–Crippen LogP) is 1.18. The lowest BCUT2D eigenvalue weighted by atomic mass is 10.0. The highest BCUT2D eigenvalue weighted by molar-refractivity contribution is 7.91. The molecule has 3 unspecified atom stereocenters. The second kappa shape index (κ2) is 8.33. The van der Waals surface area contributed by atoms with Gasteiger partial charge in [-0.25, -0.2) is 8.42 Å². The van der Waals surface area contributed by atoms with Crippen molar-refractivity contribution in [3.05, 3.63) is 0 Å². The van der Waals surface area contributed by atoms with Crippen LogP contribution in [-0.2, 0) is 14.6 Å². The molecule has 7 heteroatoms. The molecule has 2 N–H and O–H groups in total. The summed E-state index contributed by atoms with van der Waals surface area (Å²) in [5.41, 5.74) is 0. The zero-order chi connectivity index (χ0) is 16.9. The van der Waals surface area contributed by atoms with Crippen molar-refractivity contribution < 1.29 is 13.2 Å². The standard InChI is InChI=1S/C16H31N3O3S/c1-12(2)9-17-16(19-15-4-6-22-13(3)8-15)18-10-14-5-7-23(20,21)11-14/h12-15H,4-11H2,1-3H3,(H2,17,18,19). The third-order valence-electron chi connectivity index (χ3n) is 4.33. The van der Waals surface area contributed by atoms with Crippen LogP contribution in [0.1, 0.15) is 40.0 Å². The molecule has 2 aliphatic heterocycles. The predicted molar refractivity (Wildman–Crippen MR) is 93.5 cm³/mol. The van der Waals surface area contributed by atoms with Crippen molar-refractivity contribution in [3.63, 3.8) is 0 Å². The summed E-state index contributed by atoms with van der Waals surface area (Å²) in [4.78, 5) is 4.64. The molecule has 0 aliphatic carbocycles. The number of nitrogens with zero attached hydrogens (tertiary/aromatic N) is 1. The Hall–Kier alpha value is -0.820. The van der Waals surface area contributed by atoms with E-state index in [9.17, 15) is 8.42 Å². The fourth-order valence-electron chi connectivity index (χ4n) is 3.02. The summed E-state index contributed by atoms with van der Waals surface area (Å²) < 4.78 is 28.7. The topological polar surface area (TPSA) is 79.8 Å². The van der Waals surface area contributed by atoms with Gasteiger partial charge in [-0.3, -0.25) is 4.99 Å². The number of sulfone groups is 1. The van der Waals surface area contributed by atoms with Crippen LogP contribution in [0.2, 0.25) is 0 Å². The quantitative estimate of drug-likeness (QED) is 0.578. The van der Waals surface area contributed by atoms with Crippen LogP contribution in [0.25, 0.3) is 0 Å². The highest BCUT2D eigenvalue weighted by Crippen LogP contribution is 2.17. The first-order valence-corrected chi connectivity index (χ1v) is 10.5. The Balaban J connectivity index is 1.87. The first kappa shape index (κ1) is 18.5. The second-order valence-electron chi connectivity index (χ2n) is 7.28. The summed E-state index contributed by atoms with van der Waals surface area (Å²) in [5.74, 6) is 2.12. The van der Waals surface area contributed by atoms with E-state index in [4.69, 9.17) is 4.74 Å². The molecule has 0 bridgehead atoms. The van der Waals surface area contributed by atoms with Gasteiger partial charge in [-0.05, 0) is 38.0 Å². The van der Waals surface area contributed by atoms with E-state index in [2.05, 4.69) is 36.4 Å². The number of ether oxygens (including phenoxy) is 1. The van der Waals surface area contributed by atoms with Crippen LogP contribution in [0.5, 0.6) is 0 Å². The molecule has 2 rings (SSSR count). The van der Waals surface area contributed by atoms with E-state index in [0.29, 0.717) is 30.0 Å². The number of aliphatic imine (C=N–C) groups is 1. The normalized spacial score (nSPS) is 31.3. The maximum atomic E-state index is 11.6. The van der Waals surface area contributed by atoms with E-state index >= 15 is 0 Å². The third-order valence-corrected chi connectivity index (χ3v) is 6.16. The number of nitrogens with one attached hydrogen (secondary N) is 2. The smallest absolute Gasteiger partial charge is 0.191 e. The van der Waals surface area contributed by atoms with Crippen LogP contribution in [0.3, 0.4) is 0 Å². The molecular formula is C16H31N3O3S. The maximum Gasteiger partial charge on any atom is 0.191 e. The van der Waals surface area contributed by atoms with Gasteiger partial charge in [0.25, 0.3) is 0 Å². The maximum absolute atomic E-state index is 11.6. The fraction of sp³-hybridized carbons (Fsp3) is 0.938. The van der Waals surface area contributed by atoms with Gasteiger partial charge in [0.05, 0.1) is 17.6 Å². The molecule has 0 aromatic rings. The van der Waals surface area contributed by atoms with Crippen molar-refractivity contribution in [3.8, 4) is 0 Å². The van der Waals surface area contributed by atoms with E-state index in [0.717, 1.165) is 38.4 Å². The summed E-state index contributed by atoms with van der Waals surface area (Å²) >= 11 is 0. The number of hydrogen-bond donors (Lipinski definition) is 2. The minimum absolute atomic E-state index is 0.194. The summed E-state index contributed by atoms with van der Waals surface area (Å²) in [5, 5.41) is 6.85. The van der Waals surface area contributed by atoms with E-state index in [1.54, 1.807) is 0 Å². The average molecular weight is 346 g/mol. The lowest BCUT2D eigenvalue weighted by Crippen LogP contribution is -2.48. The molecule has 2 heterocycles. The molecule has 0 spiro atoms. The zero-order valence-corrected chi connectivity index (χ0v) is 15.4. The van der Waals surface area contributed by atoms with Crippen LogP contribution in [0.4, 0.5) is 0 Å². The largest absolute Gasteiger partial charge is 0.378 e. The monoisotopic (exact) mass is 345 g/mol. The Bertz CT molecular complexity index is 505. The van der Waals surface area contributed by atoms with Crippen LogP contribution >= 0.6 is 0 Å². The van der Waals surface area contributed by atoms with Gasteiger partial charge in [0, 0.05) is 25.7 Å². The van der Waals surface area contributed by atoms with Crippen molar-refractivity contribution in [2.24, 2.45) is 16.8 Å². The zero-order valence-electron chi connectivity index (χ0n) is 14.5. The Morgan fingerprint density at radius 1 is 1.35 bits per heavy atom. The van der Waals surface area contributed by atoms with Gasteiger partial charge < -0.3 is 15.4 Å². The summed E-state index contributed by atoms with van der Waals surface area (Å²) in [6.07, 6.45) is 2.97. The Morgan fingerprint density at radius 2 is 2.13 bits per heavy atom. The molecule has 134 valence electrons. The number of guanidine groups is 1. The van der Waals surface area contributed by atoms with Gasteiger partial charge in [0.1, 0.15) is 0 Å². The molecule has 6 nitrogen and oxygen atoms in total. The van der Waals surface area contributed by atoms with Gasteiger partial charge in [-0.1, -0.05) is 13.8 Å². The van der Waals surface area contributed by atoms with Gasteiger partial charge in [-0.15, -0.1) is 0 Å². The van der Waals surface area contributed by atoms with Gasteiger partial charge in [0.2, 0.25) is 0 Å². The third kappa shape index (κ3) is 6.67. The molecule has 0 saturated carbocycles. The molecule has 2 aliphatic rings. The Kier molecular flexibility index (Phi) is 6.71. The minimum atomic E-state index is -2.82. The Morgan fingerprint density at radius 3 is 2.74 bits per heavy atom. The second-order valence-corrected chi connectivity index (χ2v) is 9.51. The summed E-state index contributed by atoms with van der Waals surface area (Å²) in [7, 11) is -2.82. The van der Waals surface area contributed by atoms with E-state index in [1.807, 2.05) is 0 Å². The van der Waals surface area contributed by atoms with Crippen LogP contribution in [0.15, 0.2) is 4.99 Å². The lowest BCUT2D eigenvalue weighted by Gasteiger charge is -2.29. The molecule has 0 radical (unpaired) electrons. The molecule has 3 atom stereocenters. The van der Waals surface area contributed by atoms with Crippen LogP contribution in [-0.4, -0.2) is 57.7 Å². The van der Waals surface area contributed by atoms with Gasteiger partial charge in [-0.2, -0.15) is 0 Å². The van der Waals surface area contributed by atoms with Crippen LogP contribution in [0, 0.1) is 11.8 Å². The molecule has 0 aromatic carbocycles. The van der Waals surface area contributed by atoms with Crippen molar-refractivity contribution in [2.45, 2.75) is 52.2 Å². The average Bonchev–Trinajstić information content (AvgIpc) is 2.81.